The van der Waals surface area contributed by atoms with Crippen molar-refractivity contribution < 1.29 is 13.2 Å². The maximum absolute atomic E-state index is 12.7. The Balaban J connectivity index is 1.81. The molecule has 4 nitrogen and oxygen atoms in total. The van der Waals surface area contributed by atoms with Gasteiger partial charge in [-0.1, -0.05) is 12.1 Å². The molecule has 2 N–H and O–H groups in total. The summed E-state index contributed by atoms with van der Waals surface area (Å²) in [6.45, 7) is 0.413. The summed E-state index contributed by atoms with van der Waals surface area (Å²) in [5.41, 5.74) is 2.75. The van der Waals surface area contributed by atoms with Crippen molar-refractivity contribution in [3.8, 4) is 11.3 Å². The smallest absolute Gasteiger partial charge is 0.380 e. The van der Waals surface area contributed by atoms with Crippen LogP contribution in [0.1, 0.15) is 11.1 Å². The van der Waals surface area contributed by atoms with Gasteiger partial charge >= 0.3 is 6.18 Å². The van der Waals surface area contributed by atoms with Gasteiger partial charge in [0.2, 0.25) is 0 Å². The van der Waals surface area contributed by atoms with Crippen LogP contribution in [-0.4, -0.2) is 16.6 Å². The van der Waals surface area contributed by atoms with Crippen LogP contribution in [0.5, 0.6) is 0 Å². The Morgan fingerprint density at radius 3 is 2.44 bits per heavy atom. The van der Waals surface area contributed by atoms with Crippen molar-refractivity contribution in [2.24, 2.45) is 7.05 Å². The number of aromatic nitrogens is 2. The summed E-state index contributed by atoms with van der Waals surface area (Å²) in [5, 5.41) is 3.30. The van der Waals surface area contributed by atoms with Crippen LogP contribution < -0.4 is 10.0 Å². The van der Waals surface area contributed by atoms with Crippen LogP contribution in [0.25, 0.3) is 11.3 Å². The van der Waals surface area contributed by atoms with E-state index in [0.29, 0.717) is 6.54 Å². The molecule has 1 aromatic heterocycles. The van der Waals surface area contributed by atoms with E-state index in [1.807, 2.05) is 43.1 Å². The van der Waals surface area contributed by atoms with E-state index in [9.17, 15) is 13.2 Å². The second-order valence-electron chi connectivity index (χ2n) is 5.99. The molecule has 3 aromatic rings. The first-order valence-electron chi connectivity index (χ1n) is 8.23. The van der Waals surface area contributed by atoms with Gasteiger partial charge in [-0.25, -0.2) is 4.98 Å². The summed E-state index contributed by atoms with van der Waals surface area (Å²) in [5.74, 6) is 0. The molecule has 0 saturated heterocycles. The van der Waals surface area contributed by atoms with Gasteiger partial charge in [-0.3, -0.25) is 4.72 Å². The number of nitrogens with zero attached hydrogens (tertiary/aromatic N) is 2. The van der Waals surface area contributed by atoms with Gasteiger partial charge in [0.1, 0.15) is 0 Å². The normalized spacial score (nSPS) is 11.6. The molecule has 2 aromatic carbocycles. The molecule has 0 aliphatic heterocycles. The zero-order valence-corrected chi connectivity index (χ0v) is 15.7. The minimum absolute atomic E-state index is 0.413. The summed E-state index contributed by atoms with van der Waals surface area (Å²) in [4.78, 5) is 5.45. The van der Waals surface area contributed by atoms with Gasteiger partial charge in [-0.05, 0) is 54.9 Å². The first-order valence-corrected chi connectivity index (χ1v) is 9.04. The number of nitrogens with one attached hydrogen (secondary N) is 2. The minimum atomic E-state index is -4.32. The number of imidazole rings is 1. The molecule has 0 atom stereocenters. The number of anilines is 1. The van der Waals surface area contributed by atoms with E-state index in [1.54, 1.807) is 6.33 Å². The van der Waals surface area contributed by atoms with Crippen molar-refractivity contribution in [2.45, 2.75) is 17.6 Å². The van der Waals surface area contributed by atoms with Crippen LogP contribution in [0, 0.1) is 0 Å². The van der Waals surface area contributed by atoms with Crippen LogP contribution in [-0.2, 0) is 19.8 Å². The molecule has 1 heterocycles. The average Bonchev–Trinajstić information content (AvgIpc) is 3.07. The number of aryl methyl sites for hydroxylation is 1. The molecular weight excluding hydrogens is 373 g/mol. The van der Waals surface area contributed by atoms with Crippen LogP contribution in [0.15, 0.2) is 59.9 Å². The molecule has 0 radical (unpaired) electrons. The number of hydrogen-bond donors (Lipinski definition) is 2. The average molecular weight is 392 g/mol. The Hall–Kier alpha value is -2.45. The van der Waals surface area contributed by atoms with Gasteiger partial charge in [0.05, 0.1) is 17.6 Å². The van der Waals surface area contributed by atoms with Crippen LogP contribution in [0.4, 0.5) is 18.9 Å². The van der Waals surface area contributed by atoms with Crippen molar-refractivity contribution in [3.63, 3.8) is 0 Å². The number of alkyl halides is 3. The number of benzene rings is 2. The predicted molar refractivity (Wildman–Crippen MR) is 102 cm³/mol. The van der Waals surface area contributed by atoms with Crippen molar-refractivity contribution in [1.29, 1.82) is 0 Å². The fourth-order valence-corrected chi connectivity index (χ4v) is 3.18. The second kappa shape index (κ2) is 8.06. The summed E-state index contributed by atoms with van der Waals surface area (Å²) in [6, 6.07) is 11.1. The Bertz CT molecular complexity index is 904. The third-order valence-corrected chi connectivity index (χ3v) is 4.65. The Labute approximate surface area is 159 Å². The lowest BCUT2D eigenvalue weighted by atomic mass is 10.1. The number of rotatable bonds is 6. The molecule has 0 saturated carbocycles. The van der Waals surface area contributed by atoms with Gasteiger partial charge in [0.25, 0.3) is 0 Å². The van der Waals surface area contributed by atoms with Crippen molar-refractivity contribution in [3.05, 3.63) is 66.1 Å². The van der Waals surface area contributed by atoms with Crippen molar-refractivity contribution in [1.82, 2.24) is 14.3 Å². The van der Waals surface area contributed by atoms with E-state index in [4.69, 9.17) is 0 Å². The molecule has 0 unspecified atom stereocenters. The highest BCUT2D eigenvalue weighted by atomic mass is 32.2. The molecule has 0 spiro atoms. The van der Waals surface area contributed by atoms with Crippen LogP contribution in [0.2, 0.25) is 0 Å². The molecule has 0 aliphatic carbocycles. The predicted octanol–water partition coefficient (Wildman–Crippen LogP) is 4.94. The van der Waals surface area contributed by atoms with Gasteiger partial charge in [0, 0.05) is 35.9 Å². The van der Waals surface area contributed by atoms with E-state index in [1.165, 1.54) is 24.1 Å². The highest BCUT2D eigenvalue weighted by molar-refractivity contribution is 7.97. The van der Waals surface area contributed by atoms with Crippen LogP contribution >= 0.6 is 11.9 Å². The first-order chi connectivity index (χ1) is 12.9. The number of halogens is 3. The maximum Gasteiger partial charge on any atom is 0.416 e. The molecule has 3 rings (SSSR count). The van der Waals surface area contributed by atoms with Crippen molar-refractivity contribution >= 4 is 17.6 Å². The molecular formula is C19H19F3N4S. The SMILES string of the molecule is CNSc1ccc(NCc2ccc(C(F)(F)F)cc2)c(-c2cn(C)cn2)c1. The summed E-state index contributed by atoms with van der Waals surface area (Å²) >= 11 is 1.50. The van der Waals surface area contributed by atoms with E-state index in [0.717, 1.165) is 39.5 Å². The van der Waals surface area contributed by atoms with Gasteiger partial charge in [0.15, 0.2) is 0 Å². The molecule has 27 heavy (non-hydrogen) atoms. The quantitative estimate of drug-likeness (QED) is 0.583. The zero-order valence-electron chi connectivity index (χ0n) is 14.8. The zero-order chi connectivity index (χ0) is 19.4. The fraction of sp³-hybridized carbons (Fsp3) is 0.211. The van der Waals surface area contributed by atoms with E-state index in [2.05, 4.69) is 15.0 Å². The highest BCUT2D eigenvalue weighted by Crippen LogP contribution is 2.32. The van der Waals surface area contributed by atoms with Crippen LogP contribution in [0.3, 0.4) is 0 Å². The monoisotopic (exact) mass is 392 g/mol. The third kappa shape index (κ3) is 4.84. The summed E-state index contributed by atoms with van der Waals surface area (Å²) in [7, 11) is 3.75. The standard InChI is InChI=1S/C19H19F3N4S/c1-23-27-15-7-8-17(16(9-15)18-11-26(2)12-25-18)24-10-13-3-5-14(6-4-13)19(20,21)22/h3-9,11-12,23-24H,10H2,1-2H3. The van der Waals surface area contributed by atoms with Gasteiger partial charge in [-0.2, -0.15) is 13.2 Å². The Morgan fingerprint density at radius 2 is 1.85 bits per heavy atom. The molecule has 0 amide bonds. The van der Waals surface area contributed by atoms with E-state index in [-0.39, 0.29) is 0 Å². The lowest BCUT2D eigenvalue weighted by Gasteiger charge is -2.13. The molecule has 142 valence electrons. The summed E-state index contributed by atoms with van der Waals surface area (Å²) < 4.78 is 43.0. The second-order valence-corrected chi connectivity index (χ2v) is 7.07. The minimum Gasteiger partial charge on any atom is -0.380 e. The lowest BCUT2D eigenvalue weighted by molar-refractivity contribution is -0.137. The Morgan fingerprint density at radius 1 is 1.11 bits per heavy atom. The van der Waals surface area contributed by atoms with E-state index < -0.39 is 11.7 Å². The molecule has 0 bridgehead atoms. The Kier molecular flexibility index (Phi) is 5.76. The van der Waals surface area contributed by atoms with E-state index >= 15 is 0 Å². The molecule has 8 heteroatoms. The molecule has 0 aliphatic rings. The third-order valence-electron chi connectivity index (χ3n) is 3.96. The lowest BCUT2D eigenvalue weighted by Crippen LogP contribution is -2.06. The summed E-state index contributed by atoms with van der Waals surface area (Å²) in [6.07, 6.45) is -0.668. The maximum atomic E-state index is 12.7. The largest absolute Gasteiger partial charge is 0.416 e. The topological polar surface area (TPSA) is 41.9 Å². The highest BCUT2D eigenvalue weighted by Gasteiger charge is 2.29. The van der Waals surface area contributed by atoms with Gasteiger partial charge in [-0.15, -0.1) is 0 Å². The van der Waals surface area contributed by atoms with Crippen molar-refractivity contribution in [2.75, 3.05) is 12.4 Å². The number of hydrogen-bond acceptors (Lipinski definition) is 4. The molecule has 0 fully saturated rings. The fourth-order valence-electron chi connectivity index (χ4n) is 2.63. The van der Waals surface area contributed by atoms with Gasteiger partial charge < -0.3 is 9.88 Å². The first kappa shape index (κ1) is 19.3.